The number of hydrogen-bond acceptors (Lipinski definition) is 3. The van der Waals surface area contributed by atoms with Gasteiger partial charge >= 0.3 is 0 Å². The number of imidazole rings is 1. The maximum atomic E-state index is 12.8. The molecule has 0 saturated heterocycles. The molecule has 0 aliphatic carbocycles. The number of rotatable bonds is 4. The molecule has 5 heteroatoms. The van der Waals surface area contributed by atoms with Gasteiger partial charge in [-0.25, -0.2) is 9.37 Å². The number of carbonyl (C=O) groups excluding carboxylic acids is 1. The molecule has 2 aromatic heterocycles. The molecule has 0 aliphatic rings. The number of aromatic nitrogens is 3. The highest BCUT2D eigenvalue weighted by molar-refractivity contribution is 5.95. The van der Waals surface area contributed by atoms with Crippen molar-refractivity contribution in [2.45, 2.75) is 19.9 Å². The van der Waals surface area contributed by atoms with E-state index in [1.807, 2.05) is 35.8 Å². The van der Waals surface area contributed by atoms with E-state index in [1.54, 1.807) is 0 Å². The molecule has 0 fully saturated rings. The largest absolute Gasteiger partial charge is 0.328 e. The van der Waals surface area contributed by atoms with E-state index in [1.165, 1.54) is 12.1 Å². The number of fused-ring (bicyclic) bond motifs is 1. The number of para-hydroxylation sites is 2. The highest BCUT2D eigenvalue weighted by Crippen LogP contribution is 2.17. The topological polar surface area (TPSA) is 47.8 Å². The van der Waals surface area contributed by atoms with Crippen molar-refractivity contribution in [3.05, 3.63) is 59.9 Å². The third-order valence-electron chi connectivity index (χ3n) is 3.38. The van der Waals surface area contributed by atoms with Crippen LogP contribution < -0.4 is 0 Å². The molecule has 0 spiro atoms. The number of Topliss-reactive ketones (excluding diaryl/α,β-unsaturated/α-hetero) is 1. The van der Waals surface area contributed by atoms with E-state index in [4.69, 9.17) is 0 Å². The minimum atomic E-state index is -0.452. The van der Waals surface area contributed by atoms with E-state index in [-0.39, 0.29) is 17.9 Å². The Morgan fingerprint density at radius 2 is 2.05 bits per heavy atom. The normalized spacial score (nSPS) is 11.0. The number of aryl methyl sites for hydroxylation is 1. The molecule has 0 bridgehead atoms. The van der Waals surface area contributed by atoms with Gasteiger partial charge in [-0.3, -0.25) is 9.78 Å². The van der Waals surface area contributed by atoms with E-state index < -0.39 is 5.82 Å². The zero-order chi connectivity index (χ0) is 14.8. The summed E-state index contributed by atoms with van der Waals surface area (Å²) in [7, 11) is 0. The van der Waals surface area contributed by atoms with Gasteiger partial charge in [0.2, 0.25) is 0 Å². The van der Waals surface area contributed by atoms with Gasteiger partial charge in [0, 0.05) is 6.54 Å². The van der Waals surface area contributed by atoms with Crippen molar-refractivity contribution in [3.63, 3.8) is 0 Å². The molecule has 0 aliphatic heterocycles. The number of pyridine rings is 1. The number of benzene rings is 1. The first-order valence-corrected chi connectivity index (χ1v) is 6.78. The maximum absolute atomic E-state index is 12.8. The van der Waals surface area contributed by atoms with Crippen LogP contribution in [0.5, 0.6) is 0 Å². The van der Waals surface area contributed by atoms with Crippen molar-refractivity contribution < 1.29 is 9.18 Å². The number of halogens is 1. The Balaban J connectivity index is 1.94. The van der Waals surface area contributed by atoms with Crippen LogP contribution in [0.2, 0.25) is 0 Å². The first-order chi connectivity index (χ1) is 10.2. The van der Waals surface area contributed by atoms with E-state index in [9.17, 15) is 9.18 Å². The van der Waals surface area contributed by atoms with Crippen LogP contribution in [0.1, 0.15) is 23.2 Å². The lowest BCUT2D eigenvalue weighted by Gasteiger charge is -2.05. The van der Waals surface area contributed by atoms with Gasteiger partial charge in [-0.1, -0.05) is 12.1 Å². The Kier molecular flexibility index (Phi) is 3.48. The monoisotopic (exact) mass is 283 g/mol. The van der Waals surface area contributed by atoms with Crippen LogP contribution in [-0.2, 0) is 13.0 Å². The average Bonchev–Trinajstić information content (AvgIpc) is 2.84. The van der Waals surface area contributed by atoms with Crippen molar-refractivity contribution in [2.24, 2.45) is 0 Å². The van der Waals surface area contributed by atoms with Crippen LogP contribution in [0, 0.1) is 5.82 Å². The molecule has 2 heterocycles. The van der Waals surface area contributed by atoms with Crippen LogP contribution in [0.4, 0.5) is 4.39 Å². The second-order valence-electron chi connectivity index (χ2n) is 4.72. The van der Waals surface area contributed by atoms with Crippen molar-refractivity contribution in [2.75, 3.05) is 0 Å². The minimum Gasteiger partial charge on any atom is -0.328 e. The first-order valence-electron chi connectivity index (χ1n) is 6.78. The summed E-state index contributed by atoms with van der Waals surface area (Å²) in [6.45, 7) is 2.75. The molecule has 0 unspecified atom stereocenters. The Bertz CT molecular complexity index is 793. The van der Waals surface area contributed by atoms with Crippen LogP contribution in [-0.4, -0.2) is 20.3 Å². The Morgan fingerprint density at radius 3 is 2.76 bits per heavy atom. The van der Waals surface area contributed by atoms with E-state index in [2.05, 4.69) is 9.97 Å². The standard InChI is InChI=1S/C16H14FN3O/c1-2-20-14-6-4-3-5-12(14)19-16(20)9-15(21)13-8-7-11(17)10-18-13/h3-8,10H,2,9H2,1H3. The van der Waals surface area contributed by atoms with Gasteiger partial charge in [-0.15, -0.1) is 0 Å². The van der Waals surface area contributed by atoms with Gasteiger partial charge in [-0.2, -0.15) is 0 Å². The predicted molar refractivity (Wildman–Crippen MR) is 77.6 cm³/mol. The molecule has 0 saturated carbocycles. The minimum absolute atomic E-state index is 0.154. The highest BCUT2D eigenvalue weighted by Gasteiger charge is 2.15. The lowest BCUT2D eigenvalue weighted by atomic mass is 10.2. The van der Waals surface area contributed by atoms with E-state index >= 15 is 0 Å². The molecule has 4 nitrogen and oxygen atoms in total. The first kappa shape index (κ1) is 13.4. The fourth-order valence-corrected chi connectivity index (χ4v) is 2.39. The van der Waals surface area contributed by atoms with Crippen molar-refractivity contribution in [1.82, 2.24) is 14.5 Å². The number of hydrogen-bond donors (Lipinski definition) is 0. The Labute approximate surface area is 121 Å². The summed E-state index contributed by atoms with van der Waals surface area (Å²) in [4.78, 5) is 20.6. The maximum Gasteiger partial charge on any atom is 0.188 e. The van der Waals surface area contributed by atoms with Crippen molar-refractivity contribution in [1.29, 1.82) is 0 Å². The molecule has 21 heavy (non-hydrogen) atoms. The fourth-order valence-electron chi connectivity index (χ4n) is 2.39. The number of ketones is 1. The molecule has 0 atom stereocenters. The molecule has 0 N–H and O–H groups in total. The molecular formula is C16H14FN3O. The van der Waals surface area contributed by atoms with Crippen LogP contribution in [0.25, 0.3) is 11.0 Å². The van der Waals surface area contributed by atoms with Crippen molar-refractivity contribution >= 4 is 16.8 Å². The summed E-state index contributed by atoms with van der Waals surface area (Å²) in [5.41, 5.74) is 2.13. The van der Waals surface area contributed by atoms with Crippen LogP contribution in [0.15, 0.2) is 42.6 Å². The van der Waals surface area contributed by atoms with Gasteiger partial charge in [0.05, 0.1) is 23.7 Å². The van der Waals surface area contributed by atoms with E-state index in [0.29, 0.717) is 5.82 Å². The van der Waals surface area contributed by atoms with Gasteiger partial charge in [0.15, 0.2) is 5.78 Å². The SMILES string of the molecule is CCn1c(CC(=O)c2ccc(F)cn2)nc2ccccc21. The number of carbonyl (C=O) groups is 1. The molecule has 0 radical (unpaired) electrons. The smallest absolute Gasteiger partial charge is 0.188 e. The molecule has 3 aromatic rings. The second-order valence-corrected chi connectivity index (χ2v) is 4.72. The summed E-state index contributed by atoms with van der Waals surface area (Å²) in [5.74, 6) is 0.0853. The Hall–Kier alpha value is -2.56. The van der Waals surface area contributed by atoms with E-state index in [0.717, 1.165) is 23.8 Å². The lowest BCUT2D eigenvalue weighted by Crippen LogP contribution is -2.11. The number of nitrogens with zero attached hydrogens (tertiary/aromatic N) is 3. The zero-order valence-electron chi connectivity index (χ0n) is 11.6. The quantitative estimate of drug-likeness (QED) is 0.691. The van der Waals surface area contributed by atoms with Gasteiger partial charge in [0.25, 0.3) is 0 Å². The summed E-state index contributed by atoms with van der Waals surface area (Å²) in [6.07, 6.45) is 1.21. The zero-order valence-corrected chi connectivity index (χ0v) is 11.6. The van der Waals surface area contributed by atoms with Crippen LogP contribution >= 0.6 is 0 Å². The highest BCUT2D eigenvalue weighted by atomic mass is 19.1. The summed E-state index contributed by atoms with van der Waals surface area (Å²) < 4.78 is 14.9. The summed E-state index contributed by atoms with van der Waals surface area (Å²) >= 11 is 0. The summed E-state index contributed by atoms with van der Waals surface area (Å²) in [6, 6.07) is 10.4. The second kappa shape index (κ2) is 5.44. The Morgan fingerprint density at radius 1 is 1.24 bits per heavy atom. The molecular weight excluding hydrogens is 269 g/mol. The molecule has 106 valence electrons. The molecule has 1 aromatic carbocycles. The fraction of sp³-hybridized carbons (Fsp3) is 0.188. The molecule has 0 amide bonds. The van der Waals surface area contributed by atoms with Gasteiger partial charge < -0.3 is 4.57 Å². The third kappa shape index (κ3) is 2.54. The lowest BCUT2D eigenvalue weighted by molar-refractivity contribution is 0.0985. The van der Waals surface area contributed by atoms with Crippen molar-refractivity contribution in [3.8, 4) is 0 Å². The average molecular weight is 283 g/mol. The molecule has 3 rings (SSSR count). The van der Waals surface area contributed by atoms with Gasteiger partial charge in [-0.05, 0) is 31.2 Å². The predicted octanol–water partition coefficient (Wildman–Crippen LogP) is 3.02. The third-order valence-corrected chi connectivity index (χ3v) is 3.38. The van der Waals surface area contributed by atoms with Gasteiger partial charge in [0.1, 0.15) is 17.3 Å². The van der Waals surface area contributed by atoms with Crippen LogP contribution in [0.3, 0.4) is 0 Å². The summed E-state index contributed by atoms with van der Waals surface area (Å²) in [5, 5.41) is 0.